The van der Waals surface area contributed by atoms with Gasteiger partial charge in [-0.15, -0.1) is 0 Å². The summed E-state index contributed by atoms with van der Waals surface area (Å²) < 4.78 is 15.7. The van der Waals surface area contributed by atoms with Gasteiger partial charge >= 0.3 is 0 Å². The highest BCUT2D eigenvalue weighted by Crippen LogP contribution is 2.31. The molecule has 2 N–H and O–H groups in total. The normalized spacial score (nSPS) is 12.0. The largest absolute Gasteiger partial charge is 0.497 e. The van der Waals surface area contributed by atoms with Gasteiger partial charge in [-0.05, 0) is 19.1 Å². The van der Waals surface area contributed by atoms with Crippen LogP contribution in [0.3, 0.4) is 0 Å². The first-order chi connectivity index (χ1) is 7.17. The van der Waals surface area contributed by atoms with Gasteiger partial charge < -0.3 is 19.9 Å². The van der Waals surface area contributed by atoms with Crippen LogP contribution in [0.4, 0.5) is 0 Å². The van der Waals surface area contributed by atoms with Crippen LogP contribution in [0, 0.1) is 0 Å². The molecule has 0 aliphatic heterocycles. The number of hydrogen-bond donors (Lipinski definition) is 1. The maximum absolute atomic E-state index is 5.60. The molecular formula is C11H17NO3. The first-order valence-corrected chi connectivity index (χ1v) is 4.77. The van der Waals surface area contributed by atoms with Crippen molar-refractivity contribution in [1.82, 2.24) is 0 Å². The Hall–Kier alpha value is -1.42. The molecule has 0 radical (unpaired) electrons. The molecule has 0 saturated heterocycles. The molecular weight excluding hydrogens is 194 g/mol. The van der Waals surface area contributed by atoms with Crippen LogP contribution in [-0.4, -0.2) is 26.9 Å². The van der Waals surface area contributed by atoms with Crippen molar-refractivity contribution in [3.63, 3.8) is 0 Å². The summed E-state index contributed by atoms with van der Waals surface area (Å²) in [5.74, 6) is 2.06. The van der Waals surface area contributed by atoms with Crippen LogP contribution in [0.25, 0.3) is 0 Å². The summed E-state index contributed by atoms with van der Waals surface area (Å²) in [7, 11) is 3.20. The lowest BCUT2D eigenvalue weighted by Gasteiger charge is -2.13. The maximum atomic E-state index is 5.60. The third-order valence-electron chi connectivity index (χ3n) is 1.87. The molecule has 0 spiro atoms. The predicted molar refractivity (Wildman–Crippen MR) is 58.7 cm³/mol. The Bertz CT molecular complexity index is 313. The van der Waals surface area contributed by atoms with E-state index in [1.54, 1.807) is 26.4 Å². The van der Waals surface area contributed by atoms with Crippen molar-refractivity contribution >= 4 is 0 Å². The van der Waals surface area contributed by atoms with E-state index >= 15 is 0 Å². The summed E-state index contributed by atoms with van der Waals surface area (Å²) in [6.45, 7) is 2.35. The third-order valence-corrected chi connectivity index (χ3v) is 1.87. The van der Waals surface area contributed by atoms with Gasteiger partial charge in [0.2, 0.25) is 0 Å². The van der Waals surface area contributed by atoms with E-state index in [0.717, 1.165) is 5.75 Å². The van der Waals surface area contributed by atoms with Crippen LogP contribution >= 0.6 is 0 Å². The molecule has 0 fully saturated rings. The lowest BCUT2D eigenvalue weighted by Crippen LogP contribution is -2.23. The summed E-state index contributed by atoms with van der Waals surface area (Å²) in [4.78, 5) is 0. The molecule has 0 aliphatic carbocycles. The van der Waals surface area contributed by atoms with Crippen LogP contribution in [0.1, 0.15) is 6.92 Å². The third kappa shape index (κ3) is 3.32. The standard InChI is InChI=1S/C11H17NO3/c1-8(12)7-15-10-5-4-9(13-2)6-11(10)14-3/h4-6,8H,7,12H2,1-3H3. The van der Waals surface area contributed by atoms with Gasteiger partial charge in [0.25, 0.3) is 0 Å². The molecule has 0 amide bonds. The Morgan fingerprint density at radius 3 is 2.47 bits per heavy atom. The van der Waals surface area contributed by atoms with E-state index in [4.69, 9.17) is 19.9 Å². The lowest BCUT2D eigenvalue weighted by atomic mass is 10.3. The van der Waals surface area contributed by atoms with Gasteiger partial charge in [0.15, 0.2) is 11.5 Å². The van der Waals surface area contributed by atoms with Gasteiger partial charge in [0.1, 0.15) is 12.4 Å². The maximum Gasteiger partial charge on any atom is 0.164 e. The smallest absolute Gasteiger partial charge is 0.164 e. The molecule has 15 heavy (non-hydrogen) atoms. The van der Waals surface area contributed by atoms with E-state index in [1.807, 2.05) is 13.0 Å². The van der Waals surface area contributed by atoms with Crippen molar-refractivity contribution in [3.05, 3.63) is 18.2 Å². The van der Waals surface area contributed by atoms with Crippen LogP contribution in [0.2, 0.25) is 0 Å². The van der Waals surface area contributed by atoms with Crippen molar-refractivity contribution in [2.24, 2.45) is 5.73 Å². The fraction of sp³-hybridized carbons (Fsp3) is 0.455. The summed E-state index contributed by atoms with van der Waals surface area (Å²) in [5, 5.41) is 0. The quantitative estimate of drug-likeness (QED) is 0.800. The average Bonchev–Trinajstić information content (AvgIpc) is 2.25. The first-order valence-electron chi connectivity index (χ1n) is 4.77. The highest BCUT2D eigenvalue weighted by atomic mass is 16.5. The number of ether oxygens (including phenoxy) is 3. The first kappa shape index (κ1) is 11.7. The van der Waals surface area contributed by atoms with E-state index in [0.29, 0.717) is 18.1 Å². The second kappa shape index (κ2) is 5.46. The number of rotatable bonds is 5. The van der Waals surface area contributed by atoms with E-state index in [-0.39, 0.29) is 6.04 Å². The summed E-state index contributed by atoms with van der Waals surface area (Å²) in [6, 6.07) is 5.40. The molecule has 1 aromatic carbocycles. The van der Waals surface area contributed by atoms with Gasteiger partial charge in [-0.3, -0.25) is 0 Å². The van der Waals surface area contributed by atoms with Crippen molar-refractivity contribution in [3.8, 4) is 17.2 Å². The molecule has 0 heterocycles. The molecule has 1 atom stereocenters. The second-order valence-corrected chi connectivity index (χ2v) is 3.31. The zero-order chi connectivity index (χ0) is 11.3. The minimum atomic E-state index is -0.00296. The molecule has 0 aromatic heterocycles. The summed E-state index contributed by atoms with van der Waals surface area (Å²) in [5.41, 5.74) is 5.60. The molecule has 0 bridgehead atoms. The van der Waals surface area contributed by atoms with Crippen molar-refractivity contribution in [2.45, 2.75) is 13.0 Å². The van der Waals surface area contributed by atoms with Gasteiger partial charge in [0.05, 0.1) is 14.2 Å². The molecule has 4 nitrogen and oxygen atoms in total. The lowest BCUT2D eigenvalue weighted by molar-refractivity contribution is 0.277. The molecule has 0 saturated carbocycles. The summed E-state index contributed by atoms with van der Waals surface area (Å²) in [6.07, 6.45) is 0. The minimum Gasteiger partial charge on any atom is -0.497 e. The monoisotopic (exact) mass is 211 g/mol. The second-order valence-electron chi connectivity index (χ2n) is 3.31. The van der Waals surface area contributed by atoms with E-state index < -0.39 is 0 Å². The van der Waals surface area contributed by atoms with Crippen molar-refractivity contribution in [2.75, 3.05) is 20.8 Å². The number of benzene rings is 1. The number of hydrogen-bond acceptors (Lipinski definition) is 4. The van der Waals surface area contributed by atoms with Gasteiger partial charge in [-0.25, -0.2) is 0 Å². The fourth-order valence-corrected chi connectivity index (χ4v) is 1.12. The zero-order valence-electron chi connectivity index (χ0n) is 9.32. The molecule has 4 heteroatoms. The average molecular weight is 211 g/mol. The number of nitrogens with two attached hydrogens (primary N) is 1. The Balaban J connectivity index is 2.78. The predicted octanol–water partition coefficient (Wildman–Crippen LogP) is 1.43. The van der Waals surface area contributed by atoms with E-state index in [9.17, 15) is 0 Å². The molecule has 1 aromatic rings. The molecule has 1 unspecified atom stereocenters. The van der Waals surface area contributed by atoms with Crippen LogP contribution in [-0.2, 0) is 0 Å². The van der Waals surface area contributed by atoms with Crippen LogP contribution < -0.4 is 19.9 Å². The molecule has 0 aliphatic rings. The van der Waals surface area contributed by atoms with Crippen molar-refractivity contribution < 1.29 is 14.2 Å². The highest BCUT2D eigenvalue weighted by Gasteiger charge is 2.06. The molecule has 1 rings (SSSR count). The van der Waals surface area contributed by atoms with Crippen molar-refractivity contribution in [1.29, 1.82) is 0 Å². The minimum absolute atomic E-state index is 0.00296. The van der Waals surface area contributed by atoms with Gasteiger partial charge in [-0.1, -0.05) is 0 Å². The Morgan fingerprint density at radius 2 is 1.93 bits per heavy atom. The Morgan fingerprint density at radius 1 is 1.20 bits per heavy atom. The van der Waals surface area contributed by atoms with E-state index in [2.05, 4.69) is 0 Å². The molecule has 84 valence electrons. The number of methoxy groups -OCH3 is 2. The highest BCUT2D eigenvalue weighted by molar-refractivity contribution is 5.45. The Labute approximate surface area is 89.9 Å². The van der Waals surface area contributed by atoms with Gasteiger partial charge in [0, 0.05) is 12.1 Å². The topological polar surface area (TPSA) is 53.7 Å². The van der Waals surface area contributed by atoms with Crippen LogP contribution in [0.15, 0.2) is 18.2 Å². The zero-order valence-corrected chi connectivity index (χ0v) is 9.32. The SMILES string of the molecule is COc1ccc(OCC(C)N)c(OC)c1. The Kier molecular flexibility index (Phi) is 4.24. The van der Waals surface area contributed by atoms with Gasteiger partial charge in [-0.2, -0.15) is 0 Å². The van der Waals surface area contributed by atoms with Crippen LogP contribution in [0.5, 0.6) is 17.2 Å². The summed E-state index contributed by atoms with van der Waals surface area (Å²) >= 11 is 0. The van der Waals surface area contributed by atoms with E-state index in [1.165, 1.54) is 0 Å². The fourth-order valence-electron chi connectivity index (χ4n) is 1.12.